The fourth-order valence-corrected chi connectivity index (χ4v) is 4.07. The number of sulfonamides is 1. The number of aromatic nitrogens is 1. The average Bonchev–Trinajstić information content (AvgIpc) is 2.59. The van der Waals surface area contributed by atoms with Crippen LogP contribution in [0, 0.1) is 11.3 Å². The first-order chi connectivity index (χ1) is 11.5. The molecule has 1 heterocycles. The predicted molar refractivity (Wildman–Crippen MR) is 93.6 cm³/mol. The Bertz CT molecular complexity index is 799. The van der Waals surface area contributed by atoms with Gasteiger partial charge in [0.2, 0.25) is 10.0 Å². The molecule has 0 saturated heterocycles. The zero-order valence-corrected chi connectivity index (χ0v) is 14.5. The van der Waals surface area contributed by atoms with E-state index in [-0.39, 0.29) is 5.75 Å². The van der Waals surface area contributed by atoms with Crippen molar-refractivity contribution in [2.24, 2.45) is 0 Å². The van der Waals surface area contributed by atoms with Crippen LogP contribution in [0.25, 0.3) is 0 Å². The highest BCUT2D eigenvalue weighted by molar-refractivity contribution is 7.88. The van der Waals surface area contributed by atoms with Crippen molar-refractivity contribution in [1.29, 1.82) is 5.26 Å². The van der Waals surface area contributed by atoms with Gasteiger partial charge in [0.25, 0.3) is 0 Å². The standard InChI is InChI=1S/C18H21N3O2S/c1-2-11-21(12-9-18-8-3-4-10-20-18)24(22,23)15-17-7-5-6-16(13-17)14-19/h3-8,10,13H,2,9,11-12,15H2,1H3. The molecule has 0 N–H and O–H groups in total. The van der Waals surface area contributed by atoms with Crippen molar-refractivity contribution in [1.82, 2.24) is 9.29 Å². The van der Waals surface area contributed by atoms with Gasteiger partial charge in [0.05, 0.1) is 17.4 Å². The molecule has 0 fully saturated rings. The van der Waals surface area contributed by atoms with Gasteiger partial charge in [-0.2, -0.15) is 5.26 Å². The first-order valence-corrected chi connectivity index (χ1v) is 9.53. The van der Waals surface area contributed by atoms with Gasteiger partial charge in [-0.3, -0.25) is 4.98 Å². The van der Waals surface area contributed by atoms with E-state index in [2.05, 4.69) is 4.98 Å². The Labute approximate surface area is 143 Å². The molecule has 0 saturated carbocycles. The van der Waals surface area contributed by atoms with Crippen molar-refractivity contribution < 1.29 is 8.42 Å². The Morgan fingerprint density at radius 1 is 1.17 bits per heavy atom. The van der Waals surface area contributed by atoms with Gasteiger partial charge in [-0.15, -0.1) is 0 Å². The van der Waals surface area contributed by atoms with Crippen molar-refractivity contribution in [3.8, 4) is 6.07 Å². The largest absolute Gasteiger partial charge is 0.261 e. The summed E-state index contributed by atoms with van der Waals surface area (Å²) in [7, 11) is -3.44. The molecule has 1 aromatic carbocycles. The van der Waals surface area contributed by atoms with E-state index >= 15 is 0 Å². The minimum atomic E-state index is -3.44. The van der Waals surface area contributed by atoms with Crippen molar-refractivity contribution in [3.05, 3.63) is 65.5 Å². The summed E-state index contributed by atoms with van der Waals surface area (Å²) in [6.45, 7) is 2.85. The van der Waals surface area contributed by atoms with Gasteiger partial charge in [-0.25, -0.2) is 12.7 Å². The summed E-state index contributed by atoms with van der Waals surface area (Å²) < 4.78 is 27.0. The Kier molecular flexibility index (Phi) is 6.47. The third-order valence-corrected chi connectivity index (χ3v) is 5.47. The summed E-state index contributed by atoms with van der Waals surface area (Å²) in [6.07, 6.45) is 3.04. The lowest BCUT2D eigenvalue weighted by atomic mass is 10.2. The SMILES string of the molecule is CCCN(CCc1ccccn1)S(=O)(=O)Cc1cccc(C#N)c1. The second-order valence-electron chi connectivity index (χ2n) is 5.54. The van der Waals surface area contributed by atoms with Gasteiger partial charge >= 0.3 is 0 Å². The van der Waals surface area contributed by atoms with Gasteiger partial charge in [0, 0.05) is 31.4 Å². The third kappa shape index (κ3) is 5.15. The maximum Gasteiger partial charge on any atom is 0.218 e. The van der Waals surface area contributed by atoms with Crippen LogP contribution < -0.4 is 0 Å². The van der Waals surface area contributed by atoms with Crippen molar-refractivity contribution in [2.45, 2.75) is 25.5 Å². The summed E-state index contributed by atoms with van der Waals surface area (Å²) >= 11 is 0. The minimum absolute atomic E-state index is 0.0925. The zero-order valence-electron chi connectivity index (χ0n) is 13.7. The fraction of sp³-hybridized carbons (Fsp3) is 0.333. The molecule has 0 aliphatic rings. The normalized spacial score (nSPS) is 11.4. The van der Waals surface area contributed by atoms with E-state index in [9.17, 15) is 8.42 Å². The van der Waals surface area contributed by atoms with Crippen molar-refractivity contribution in [2.75, 3.05) is 13.1 Å². The molecule has 0 bridgehead atoms. The number of nitriles is 1. The quantitative estimate of drug-likeness (QED) is 0.739. The first-order valence-electron chi connectivity index (χ1n) is 7.92. The van der Waals surface area contributed by atoms with Gasteiger partial charge < -0.3 is 0 Å². The average molecular weight is 343 g/mol. The summed E-state index contributed by atoms with van der Waals surface area (Å²) in [5.41, 5.74) is 1.98. The van der Waals surface area contributed by atoms with Crippen LogP contribution in [0.15, 0.2) is 48.7 Å². The van der Waals surface area contributed by atoms with Crippen LogP contribution in [0.5, 0.6) is 0 Å². The summed E-state index contributed by atoms with van der Waals surface area (Å²) in [5.74, 6) is -0.0925. The van der Waals surface area contributed by atoms with Gasteiger partial charge in [0.15, 0.2) is 0 Å². The molecule has 24 heavy (non-hydrogen) atoms. The molecule has 0 aliphatic carbocycles. The van der Waals surface area contributed by atoms with Gasteiger partial charge in [-0.05, 0) is 36.2 Å². The Balaban J connectivity index is 2.11. The van der Waals surface area contributed by atoms with Crippen molar-refractivity contribution >= 4 is 10.0 Å². The lowest BCUT2D eigenvalue weighted by molar-refractivity contribution is 0.411. The predicted octanol–water partition coefficient (Wildman–Crippen LogP) is 2.74. The van der Waals surface area contributed by atoms with Crippen LogP contribution in [0.2, 0.25) is 0 Å². The second kappa shape index (κ2) is 8.57. The molecule has 0 unspecified atom stereocenters. The molecule has 5 nitrogen and oxygen atoms in total. The monoisotopic (exact) mass is 343 g/mol. The molecule has 1 aromatic heterocycles. The molecule has 0 amide bonds. The Morgan fingerprint density at radius 3 is 2.67 bits per heavy atom. The highest BCUT2D eigenvalue weighted by atomic mass is 32.2. The van der Waals surface area contributed by atoms with E-state index in [4.69, 9.17) is 5.26 Å². The molecule has 2 rings (SSSR count). The van der Waals surface area contributed by atoms with E-state index in [0.29, 0.717) is 30.6 Å². The van der Waals surface area contributed by atoms with Crippen LogP contribution in [0.4, 0.5) is 0 Å². The number of rotatable bonds is 8. The van der Waals surface area contributed by atoms with Crippen LogP contribution in [0.1, 0.15) is 30.2 Å². The second-order valence-corrected chi connectivity index (χ2v) is 7.51. The lowest BCUT2D eigenvalue weighted by Gasteiger charge is -2.21. The van der Waals surface area contributed by atoms with Crippen LogP contribution in [0.3, 0.4) is 0 Å². The number of nitrogens with zero attached hydrogens (tertiary/aromatic N) is 3. The highest BCUT2D eigenvalue weighted by Gasteiger charge is 2.21. The Hall–Kier alpha value is -2.23. The van der Waals surface area contributed by atoms with Crippen LogP contribution >= 0.6 is 0 Å². The van der Waals surface area contributed by atoms with E-state index < -0.39 is 10.0 Å². The van der Waals surface area contributed by atoms with Gasteiger partial charge in [-0.1, -0.05) is 25.1 Å². The Morgan fingerprint density at radius 2 is 2.00 bits per heavy atom. The zero-order chi connectivity index (χ0) is 17.4. The van der Waals surface area contributed by atoms with Crippen LogP contribution in [-0.2, 0) is 22.2 Å². The molecule has 2 aromatic rings. The number of benzene rings is 1. The third-order valence-electron chi connectivity index (χ3n) is 3.62. The smallest absolute Gasteiger partial charge is 0.218 e. The maximum absolute atomic E-state index is 12.7. The van der Waals surface area contributed by atoms with Gasteiger partial charge in [0.1, 0.15) is 0 Å². The van der Waals surface area contributed by atoms with E-state index in [1.165, 1.54) is 4.31 Å². The van der Waals surface area contributed by atoms with E-state index in [1.54, 1.807) is 30.5 Å². The molecule has 0 aliphatic heterocycles. The molecular formula is C18H21N3O2S. The van der Waals surface area contributed by atoms with E-state index in [0.717, 1.165) is 12.1 Å². The molecule has 0 radical (unpaired) electrons. The number of hydrogen-bond donors (Lipinski definition) is 0. The van der Waals surface area contributed by atoms with Crippen molar-refractivity contribution in [3.63, 3.8) is 0 Å². The summed E-state index contributed by atoms with van der Waals surface area (Å²) in [5, 5.41) is 8.95. The van der Waals surface area contributed by atoms with Crippen LogP contribution in [-0.4, -0.2) is 30.8 Å². The summed E-state index contributed by atoms with van der Waals surface area (Å²) in [4.78, 5) is 4.24. The maximum atomic E-state index is 12.7. The lowest BCUT2D eigenvalue weighted by Crippen LogP contribution is -2.34. The molecule has 0 spiro atoms. The van der Waals surface area contributed by atoms with E-state index in [1.807, 2.05) is 31.2 Å². The highest BCUT2D eigenvalue weighted by Crippen LogP contribution is 2.14. The fourth-order valence-electron chi connectivity index (χ4n) is 2.46. The summed E-state index contributed by atoms with van der Waals surface area (Å²) in [6, 6.07) is 14.4. The molecule has 6 heteroatoms. The molecule has 0 atom stereocenters. The minimum Gasteiger partial charge on any atom is -0.261 e. The number of hydrogen-bond acceptors (Lipinski definition) is 4. The first kappa shape index (κ1) is 18.1. The molecular weight excluding hydrogens is 322 g/mol. The molecule has 126 valence electrons. The number of pyridine rings is 1. The topological polar surface area (TPSA) is 74.1 Å².